The van der Waals surface area contributed by atoms with Crippen LogP contribution in [0.2, 0.25) is 0 Å². The van der Waals surface area contributed by atoms with E-state index in [9.17, 15) is 0 Å². The predicted octanol–water partition coefficient (Wildman–Crippen LogP) is -0.661. The predicted molar refractivity (Wildman–Crippen MR) is 33.2 cm³/mol. The van der Waals surface area contributed by atoms with Gasteiger partial charge in [0.05, 0.1) is 0 Å². The third-order valence-electron chi connectivity index (χ3n) is 0.865. The summed E-state index contributed by atoms with van der Waals surface area (Å²) in [5.74, 6) is 0. The van der Waals surface area contributed by atoms with Gasteiger partial charge in [-0.05, 0) is 0 Å². The molecule has 0 spiro atoms. The fraction of sp³-hybridized carbons (Fsp3) is 0.143. The molecule has 52 valence electrons. The van der Waals surface area contributed by atoms with Crippen LogP contribution in [0, 0.1) is 11.5 Å². The number of aromatic nitrogens is 1. The minimum absolute atomic E-state index is 0.500. The summed E-state index contributed by atoms with van der Waals surface area (Å²) in [6.45, 7) is 0. The maximum atomic E-state index is 8.24. The van der Waals surface area contributed by atoms with E-state index in [1.54, 1.807) is 0 Å². The largest absolute Gasteiger partial charge is 0.812 e. The highest BCUT2D eigenvalue weighted by Crippen LogP contribution is 1.71. The maximum Gasteiger partial charge on any atom is 0.168 e. The Hall–Kier alpha value is -1.56. The SMILES string of the molecule is C[n+]1ccccc1.N#C[O-]. The van der Waals surface area contributed by atoms with Crippen molar-refractivity contribution in [3.63, 3.8) is 0 Å². The number of nitrogens with zero attached hydrogens (tertiary/aromatic N) is 2. The van der Waals surface area contributed by atoms with Crippen LogP contribution in [0.5, 0.6) is 0 Å². The average molecular weight is 136 g/mol. The molecule has 0 N–H and O–H groups in total. The molecule has 0 amide bonds. The van der Waals surface area contributed by atoms with Gasteiger partial charge in [-0.2, -0.15) is 0 Å². The van der Waals surface area contributed by atoms with Crippen molar-refractivity contribution in [2.75, 3.05) is 0 Å². The second-order valence-corrected chi connectivity index (χ2v) is 1.63. The van der Waals surface area contributed by atoms with Crippen LogP contribution in [0.25, 0.3) is 0 Å². The fourth-order valence-corrected chi connectivity index (χ4v) is 0.485. The van der Waals surface area contributed by atoms with E-state index in [1.807, 2.05) is 42.2 Å². The van der Waals surface area contributed by atoms with Gasteiger partial charge in [0.2, 0.25) is 0 Å². The molecule has 3 nitrogen and oxygen atoms in total. The number of hydrogen-bond donors (Lipinski definition) is 0. The molecule has 3 heteroatoms. The van der Waals surface area contributed by atoms with E-state index in [-0.39, 0.29) is 0 Å². The molecule has 0 saturated heterocycles. The number of aryl methyl sites for hydroxylation is 1. The molecule has 1 rings (SSSR count). The molecule has 1 heterocycles. The molecule has 0 aromatic carbocycles. The lowest BCUT2D eigenvalue weighted by Crippen LogP contribution is -2.25. The van der Waals surface area contributed by atoms with Crippen LogP contribution in [-0.4, -0.2) is 0 Å². The van der Waals surface area contributed by atoms with E-state index < -0.39 is 0 Å². The third kappa shape index (κ3) is 4.60. The molecule has 10 heavy (non-hydrogen) atoms. The zero-order valence-corrected chi connectivity index (χ0v) is 5.69. The first kappa shape index (κ1) is 8.44. The second kappa shape index (κ2) is 5.57. The summed E-state index contributed by atoms with van der Waals surface area (Å²) in [7, 11) is 2.00. The van der Waals surface area contributed by atoms with Crippen molar-refractivity contribution in [1.29, 1.82) is 5.26 Å². The van der Waals surface area contributed by atoms with Crippen molar-refractivity contribution in [2.45, 2.75) is 0 Å². The zero-order chi connectivity index (χ0) is 7.82. The van der Waals surface area contributed by atoms with Gasteiger partial charge in [0.25, 0.3) is 0 Å². The van der Waals surface area contributed by atoms with Gasteiger partial charge >= 0.3 is 0 Å². The summed E-state index contributed by atoms with van der Waals surface area (Å²) in [6.07, 6.45) is 4.50. The standard InChI is InChI=1S/C6H8N.CHNO/c1-7-5-3-2-4-6-7;2-1-3/h2-6H,1H3;3H/q+1;/p-1. The zero-order valence-electron chi connectivity index (χ0n) is 5.69. The van der Waals surface area contributed by atoms with Crippen LogP contribution in [0.3, 0.4) is 0 Å². The smallest absolute Gasteiger partial charge is 0.168 e. The van der Waals surface area contributed by atoms with Crippen molar-refractivity contribution in [3.05, 3.63) is 30.6 Å². The van der Waals surface area contributed by atoms with Gasteiger partial charge in [0.1, 0.15) is 7.05 Å². The van der Waals surface area contributed by atoms with Crippen LogP contribution in [0.15, 0.2) is 30.6 Å². The monoisotopic (exact) mass is 136 g/mol. The number of hydrogen-bond acceptors (Lipinski definition) is 2. The Bertz CT molecular complexity index is 203. The van der Waals surface area contributed by atoms with Crippen LogP contribution in [0.4, 0.5) is 0 Å². The Balaban J connectivity index is 0.000000236. The van der Waals surface area contributed by atoms with Crippen molar-refractivity contribution >= 4 is 0 Å². The summed E-state index contributed by atoms with van der Waals surface area (Å²) in [5, 5.41) is 15.0. The summed E-state index contributed by atoms with van der Waals surface area (Å²) < 4.78 is 2.00. The molecule has 0 aliphatic carbocycles. The topological polar surface area (TPSA) is 50.7 Å². The molecule has 0 unspecified atom stereocenters. The molecule has 0 aliphatic rings. The summed E-state index contributed by atoms with van der Waals surface area (Å²) in [5.41, 5.74) is 0. The molecule has 1 aromatic rings. The van der Waals surface area contributed by atoms with Gasteiger partial charge in [-0.1, -0.05) is 6.07 Å². The van der Waals surface area contributed by atoms with Crippen molar-refractivity contribution in [3.8, 4) is 6.26 Å². The van der Waals surface area contributed by atoms with E-state index in [0.29, 0.717) is 6.26 Å². The average Bonchev–Trinajstić information content (AvgIpc) is 1.91. The van der Waals surface area contributed by atoms with E-state index in [4.69, 9.17) is 10.4 Å². The molecule has 0 bridgehead atoms. The minimum Gasteiger partial charge on any atom is -0.812 e. The van der Waals surface area contributed by atoms with Crippen molar-refractivity contribution in [2.24, 2.45) is 7.05 Å². The normalized spacial score (nSPS) is 6.80. The first-order valence-corrected chi connectivity index (χ1v) is 2.72. The van der Waals surface area contributed by atoms with Gasteiger partial charge in [-0.15, -0.1) is 0 Å². The summed E-state index contributed by atoms with van der Waals surface area (Å²) >= 11 is 0. The van der Waals surface area contributed by atoms with Gasteiger partial charge < -0.3 is 5.11 Å². The Morgan fingerprint density at radius 1 is 1.30 bits per heavy atom. The highest BCUT2D eigenvalue weighted by Gasteiger charge is 1.78. The third-order valence-corrected chi connectivity index (χ3v) is 0.865. The quantitative estimate of drug-likeness (QED) is 0.351. The van der Waals surface area contributed by atoms with Crippen LogP contribution >= 0.6 is 0 Å². The second-order valence-electron chi connectivity index (χ2n) is 1.63. The van der Waals surface area contributed by atoms with Gasteiger partial charge in [0, 0.05) is 18.4 Å². The maximum absolute atomic E-state index is 8.24. The summed E-state index contributed by atoms with van der Waals surface area (Å²) in [4.78, 5) is 0. The Morgan fingerprint density at radius 3 is 1.90 bits per heavy atom. The molecule has 0 aliphatic heterocycles. The van der Waals surface area contributed by atoms with Crippen molar-refractivity contribution in [1.82, 2.24) is 0 Å². The highest BCUT2D eigenvalue weighted by molar-refractivity contribution is 4.83. The molecule has 0 atom stereocenters. The lowest BCUT2D eigenvalue weighted by atomic mass is 10.5. The van der Waals surface area contributed by atoms with Crippen LogP contribution in [-0.2, 0) is 7.05 Å². The van der Waals surface area contributed by atoms with Crippen LogP contribution in [0.1, 0.15) is 0 Å². The number of pyridine rings is 1. The molecular weight excluding hydrogens is 128 g/mol. The first-order chi connectivity index (χ1) is 4.81. The lowest BCUT2D eigenvalue weighted by molar-refractivity contribution is -0.671. The molecule has 0 fully saturated rings. The van der Waals surface area contributed by atoms with Crippen molar-refractivity contribution < 1.29 is 9.67 Å². The lowest BCUT2D eigenvalue weighted by Gasteiger charge is -1.77. The Morgan fingerprint density at radius 2 is 1.70 bits per heavy atom. The first-order valence-electron chi connectivity index (χ1n) is 2.72. The van der Waals surface area contributed by atoms with Crippen LogP contribution < -0.4 is 9.67 Å². The van der Waals surface area contributed by atoms with Gasteiger partial charge in [0.15, 0.2) is 12.4 Å². The fourth-order valence-electron chi connectivity index (χ4n) is 0.485. The number of nitriles is 1. The molecular formula is C7H8N2O. The molecule has 0 radical (unpaired) electrons. The highest BCUT2D eigenvalue weighted by atomic mass is 16.2. The molecule has 0 saturated carbocycles. The Labute approximate surface area is 59.8 Å². The van der Waals surface area contributed by atoms with E-state index in [1.165, 1.54) is 0 Å². The van der Waals surface area contributed by atoms with Gasteiger partial charge in [-0.25, -0.2) is 9.83 Å². The minimum atomic E-state index is 0.500. The van der Waals surface area contributed by atoms with E-state index in [0.717, 1.165) is 0 Å². The number of rotatable bonds is 0. The van der Waals surface area contributed by atoms with E-state index in [2.05, 4.69) is 0 Å². The van der Waals surface area contributed by atoms with E-state index >= 15 is 0 Å². The molecule has 1 aromatic heterocycles. The summed E-state index contributed by atoms with van der Waals surface area (Å²) in [6, 6.07) is 6.00. The van der Waals surface area contributed by atoms with Gasteiger partial charge in [-0.3, -0.25) is 0 Å². The Kier molecular flexibility index (Phi) is 4.70.